The fourth-order valence-corrected chi connectivity index (χ4v) is 1.80. The summed E-state index contributed by atoms with van der Waals surface area (Å²) in [7, 11) is 0. The summed E-state index contributed by atoms with van der Waals surface area (Å²) in [5.74, 6) is 0. The van der Waals surface area contributed by atoms with E-state index in [2.05, 4.69) is 12.2 Å². The lowest BCUT2D eigenvalue weighted by molar-refractivity contribution is 0.0627. The molecule has 0 aliphatic rings. The predicted octanol–water partition coefficient (Wildman–Crippen LogP) is 1.34. The Kier molecular flexibility index (Phi) is 6.86. The first-order chi connectivity index (χ1) is 8.27. The number of rotatable bonds is 8. The summed E-state index contributed by atoms with van der Waals surface area (Å²) in [5.41, 5.74) is 1.17. The molecule has 3 heteroatoms. The summed E-state index contributed by atoms with van der Waals surface area (Å²) < 4.78 is 0. The molecular weight excluding hydrogens is 214 g/mol. The first-order valence-electron chi connectivity index (χ1n) is 6.34. The van der Waals surface area contributed by atoms with E-state index in [1.54, 1.807) is 0 Å². The zero-order chi connectivity index (χ0) is 12.5. The lowest BCUT2D eigenvalue weighted by atomic mass is 10.0. The highest BCUT2D eigenvalue weighted by molar-refractivity contribution is 5.16. The minimum atomic E-state index is -0.702. The highest BCUT2D eigenvalue weighted by Crippen LogP contribution is 2.06. The van der Waals surface area contributed by atoms with Crippen molar-refractivity contribution in [2.75, 3.05) is 13.2 Å². The first-order valence-corrected chi connectivity index (χ1v) is 6.34. The fourth-order valence-electron chi connectivity index (χ4n) is 1.80. The van der Waals surface area contributed by atoms with Crippen molar-refractivity contribution >= 4 is 0 Å². The monoisotopic (exact) mass is 237 g/mol. The molecule has 1 aromatic rings. The molecule has 0 saturated carbocycles. The van der Waals surface area contributed by atoms with E-state index in [0.717, 1.165) is 25.8 Å². The average Bonchev–Trinajstić information content (AvgIpc) is 2.38. The Hall–Kier alpha value is -0.900. The van der Waals surface area contributed by atoms with Gasteiger partial charge in [-0.3, -0.25) is 0 Å². The van der Waals surface area contributed by atoms with Crippen molar-refractivity contribution < 1.29 is 10.2 Å². The van der Waals surface area contributed by atoms with E-state index >= 15 is 0 Å². The third-order valence-corrected chi connectivity index (χ3v) is 2.89. The largest absolute Gasteiger partial charge is 0.394 e. The number of aliphatic hydroxyl groups is 2. The van der Waals surface area contributed by atoms with Gasteiger partial charge in [0.2, 0.25) is 0 Å². The second-order valence-corrected chi connectivity index (χ2v) is 4.35. The van der Waals surface area contributed by atoms with Crippen LogP contribution in [-0.4, -0.2) is 35.5 Å². The van der Waals surface area contributed by atoms with E-state index in [-0.39, 0.29) is 12.6 Å². The van der Waals surface area contributed by atoms with Gasteiger partial charge in [0.1, 0.15) is 0 Å². The molecule has 0 aromatic heterocycles. The van der Waals surface area contributed by atoms with Crippen LogP contribution >= 0.6 is 0 Å². The topological polar surface area (TPSA) is 52.5 Å². The maximum atomic E-state index is 9.77. The smallest absolute Gasteiger partial charge is 0.0926 e. The minimum absolute atomic E-state index is 0.0750. The highest BCUT2D eigenvalue weighted by Gasteiger charge is 2.17. The zero-order valence-electron chi connectivity index (χ0n) is 10.5. The maximum absolute atomic E-state index is 9.77. The quantitative estimate of drug-likeness (QED) is 0.598. The lowest BCUT2D eigenvalue weighted by Crippen LogP contribution is -2.43. The summed E-state index contributed by atoms with van der Waals surface area (Å²) in [6, 6.07) is 9.96. The van der Waals surface area contributed by atoms with E-state index in [0.29, 0.717) is 0 Å². The molecule has 1 rings (SSSR count). The molecule has 3 N–H and O–H groups in total. The van der Waals surface area contributed by atoms with E-state index in [4.69, 9.17) is 5.11 Å². The highest BCUT2D eigenvalue weighted by atomic mass is 16.3. The van der Waals surface area contributed by atoms with Crippen molar-refractivity contribution in [2.45, 2.75) is 38.3 Å². The molecule has 0 fully saturated rings. The van der Waals surface area contributed by atoms with Crippen LogP contribution in [0.1, 0.15) is 25.3 Å². The molecule has 2 unspecified atom stereocenters. The van der Waals surface area contributed by atoms with Gasteiger partial charge in [-0.25, -0.2) is 0 Å². The van der Waals surface area contributed by atoms with E-state index in [1.807, 2.05) is 30.3 Å². The maximum Gasteiger partial charge on any atom is 0.0926 e. The third kappa shape index (κ3) is 5.31. The molecule has 0 bridgehead atoms. The molecule has 96 valence electrons. The van der Waals surface area contributed by atoms with Crippen molar-refractivity contribution in [3.8, 4) is 0 Å². The molecule has 0 saturated heterocycles. The van der Waals surface area contributed by atoms with Crippen LogP contribution in [-0.2, 0) is 6.42 Å². The lowest BCUT2D eigenvalue weighted by Gasteiger charge is -2.23. The van der Waals surface area contributed by atoms with Gasteiger partial charge in [0.05, 0.1) is 12.7 Å². The molecule has 2 atom stereocenters. The van der Waals surface area contributed by atoms with E-state index in [9.17, 15) is 5.11 Å². The van der Waals surface area contributed by atoms with Crippen molar-refractivity contribution in [2.24, 2.45) is 0 Å². The number of nitrogens with one attached hydrogen (secondary N) is 1. The normalized spacial score (nSPS) is 14.5. The van der Waals surface area contributed by atoms with Gasteiger partial charge >= 0.3 is 0 Å². The van der Waals surface area contributed by atoms with Crippen LogP contribution in [0, 0.1) is 0 Å². The van der Waals surface area contributed by atoms with Crippen molar-refractivity contribution in [3.63, 3.8) is 0 Å². The second kappa shape index (κ2) is 8.23. The van der Waals surface area contributed by atoms with Crippen LogP contribution < -0.4 is 5.32 Å². The molecule has 0 spiro atoms. The van der Waals surface area contributed by atoms with Crippen LogP contribution in [0.25, 0.3) is 0 Å². The van der Waals surface area contributed by atoms with Gasteiger partial charge < -0.3 is 15.5 Å². The summed E-state index contributed by atoms with van der Waals surface area (Å²) >= 11 is 0. The van der Waals surface area contributed by atoms with Gasteiger partial charge in [-0.15, -0.1) is 0 Å². The molecule has 0 heterocycles. The number of hydrogen-bond acceptors (Lipinski definition) is 3. The van der Waals surface area contributed by atoms with Gasteiger partial charge in [-0.05, 0) is 24.9 Å². The zero-order valence-corrected chi connectivity index (χ0v) is 10.5. The Morgan fingerprint density at radius 2 is 1.94 bits per heavy atom. The van der Waals surface area contributed by atoms with Crippen LogP contribution in [0.15, 0.2) is 30.3 Å². The van der Waals surface area contributed by atoms with E-state index in [1.165, 1.54) is 5.56 Å². The Bertz CT molecular complexity index is 290. The standard InChI is InChI=1S/C14H23NO2/c1-2-3-9-15-13(14(17)11-16)10-12-7-5-4-6-8-12/h4-8,13-17H,2-3,9-11H2,1H3. The molecule has 0 aliphatic heterocycles. The summed E-state index contributed by atoms with van der Waals surface area (Å²) in [5, 5.41) is 22.1. The van der Waals surface area contributed by atoms with Crippen LogP contribution in [0.3, 0.4) is 0 Å². The summed E-state index contributed by atoms with van der Waals surface area (Å²) in [4.78, 5) is 0. The first kappa shape index (κ1) is 14.2. The summed E-state index contributed by atoms with van der Waals surface area (Å²) in [6.07, 6.45) is 2.25. The number of hydrogen-bond donors (Lipinski definition) is 3. The predicted molar refractivity (Wildman–Crippen MR) is 69.9 cm³/mol. The Balaban J connectivity index is 2.51. The van der Waals surface area contributed by atoms with Crippen LogP contribution in [0.2, 0.25) is 0 Å². The number of aliphatic hydroxyl groups excluding tert-OH is 2. The van der Waals surface area contributed by atoms with Crippen LogP contribution in [0.5, 0.6) is 0 Å². The van der Waals surface area contributed by atoms with Crippen LogP contribution in [0.4, 0.5) is 0 Å². The number of benzene rings is 1. The van der Waals surface area contributed by atoms with Crippen molar-refractivity contribution in [3.05, 3.63) is 35.9 Å². The van der Waals surface area contributed by atoms with Gasteiger partial charge in [-0.2, -0.15) is 0 Å². The third-order valence-electron chi connectivity index (χ3n) is 2.89. The van der Waals surface area contributed by atoms with Gasteiger partial charge in [0, 0.05) is 6.04 Å². The summed E-state index contributed by atoms with van der Waals surface area (Å²) in [6.45, 7) is 2.82. The fraction of sp³-hybridized carbons (Fsp3) is 0.571. The van der Waals surface area contributed by atoms with Gasteiger partial charge in [0.25, 0.3) is 0 Å². The minimum Gasteiger partial charge on any atom is -0.394 e. The number of unbranched alkanes of at least 4 members (excludes halogenated alkanes) is 1. The molecule has 0 radical (unpaired) electrons. The molecular formula is C14H23NO2. The average molecular weight is 237 g/mol. The molecule has 3 nitrogen and oxygen atoms in total. The molecule has 0 aliphatic carbocycles. The SMILES string of the molecule is CCCCNC(Cc1ccccc1)C(O)CO. The second-order valence-electron chi connectivity index (χ2n) is 4.35. The Morgan fingerprint density at radius 3 is 2.53 bits per heavy atom. The Labute approximate surface area is 103 Å². The van der Waals surface area contributed by atoms with Gasteiger partial charge in [0.15, 0.2) is 0 Å². The van der Waals surface area contributed by atoms with Crippen molar-refractivity contribution in [1.29, 1.82) is 0 Å². The van der Waals surface area contributed by atoms with Gasteiger partial charge in [-0.1, -0.05) is 43.7 Å². The molecule has 1 aromatic carbocycles. The molecule has 17 heavy (non-hydrogen) atoms. The van der Waals surface area contributed by atoms with E-state index < -0.39 is 6.10 Å². The Morgan fingerprint density at radius 1 is 1.24 bits per heavy atom. The molecule has 0 amide bonds. The van der Waals surface area contributed by atoms with Crippen molar-refractivity contribution in [1.82, 2.24) is 5.32 Å².